The van der Waals surface area contributed by atoms with Gasteiger partial charge in [-0.15, -0.1) is 0 Å². The number of ether oxygens (including phenoxy) is 1. The molecule has 1 aliphatic rings. The predicted molar refractivity (Wildman–Crippen MR) is 53.0 cm³/mol. The molecule has 1 aliphatic heterocycles. The van der Waals surface area contributed by atoms with Crippen LogP contribution in [-0.4, -0.2) is 20.1 Å². The van der Waals surface area contributed by atoms with Crippen LogP contribution in [0.3, 0.4) is 0 Å². The molecule has 1 heterocycles. The zero-order valence-corrected chi connectivity index (χ0v) is 8.95. The molecule has 0 amide bonds. The Bertz CT molecular complexity index is 504. The van der Waals surface area contributed by atoms with Crippen molar-refractivity contribution in [3.05, 3.63) is 29.8 Å². The summed E-state index contributed by atoms with van der Waals surface area (Å²) < 4.78 is 28.3. The minimum Gasteiger partial charge on any atom is -0.457 e. The smallest absolute Gasteiger partial charge is 0.303 e. The first kappa shape index (κ1) is 10.2. The number of fused-ring (bicyclic) bond motifs is 1. The molecule has 0 N–H and O–H groups in total. The average Bonchev–Trinajstić information content (AvgIpc) is 2.39. The molecular weight excluding hydrogens is 216 g/mol. The van der Waals surface area contributed by atoms with E-state index >= 15 is 0 Å². The van der Waals surface area contributed by atoms with Crippen LogP contribution in [-0.2, 0) is 19.4 Å². The second-order valence-electron chi connectivity index (χ2n) is 3.42. The highest BCUT2D eigenvalue weighted by Gasteiger charge is 2.36. The number of rotatable bonds is 1. The van der Waals surface area contributed by atoms with Gasteiger partial charge in [-0.2, -0.15) is 0 Å². The predicted octanol–water partition coefficient (Wildman–Crippen LogP) is 1.08. The Morgan fingerprint density at radius 1 is 1.40 bits per heavy atom. The van der Waals surface area contributed by atoms with Gasteiger partial charge < -0.3 is 4.74 Å². The molecule has 80 valence electrons. The van der Waals surface area contributed by atoms with Crippen molar-refractivity contribution in [2.24, 2.45) is 0 Å². The Kier molecular flexibility index (Phi) is 2.26. The van der Waals surface area contributed by atoms with Crippen LogP contribution in [0.15, 0.2) is 29.2 Å². The van der Waals surface area contributed by atoms with E-state index in [0.717, 1.165) is 0 Å². The monoisotopic (exact) mass is 226 g/mol. The largest absolute Gasteiger partial charge is 0.457 e. The van der Waals surface area contributed by atoms with Gasteiger partial charge in [0.1, 0.15) is 6.10 Å². The lowest BCUT2D eigenvalue weighted by Crippen LogP contribution is -2.10. The molecule has 5 heteroatoms. The first-order valence-corrected chi connectivity index (χ1v) is 6.15. The van der Waals surface area contributed by atoms with Crippen LogP contribution in [0.25, 0.3) is 0 Å². The summed E-state index contributed by atoms with van der Waals surface area (Å²) in [7, 11) is -3.28. The number of hydrogen-bond acceptors (Lipinski definition) is 4. The normalized spacial score (nSPS) is 22.1. The zero-order chi connectivity index (χ0) is 11.1. The molecule has 1 aromatic rings. The van der Waals surface area contributed by atoms with Gasteiger partial charge in [0, 0.05) is 12.5 Å². The minimum atomic E-state index is -3.28. The van der Waals surface area contributed by atoms with Crippen LogP contribution < -0.4 is 0 Å². The van der Waals surface area contributed by atoms with Gasteiger partial charge >= 0.3 is 5.97 Å². The molecule has 0 saturated heterocycles. The number of benzene rings is 1. The molecule has 0 bridgehead atoms. The van der Waals surface area contributed by atoms with Gasteiger partial charge in [-0.1, -0.05) is 18.2 Å². The summed E-state index contributed by atoms with van der Waals surface area (Å²) in [6.45, 7) is 1.27. The van der Waals surface area contributed by atoms with Crippen molar-refractivity contribution in [3.63, 3.8) is 0 Å². The van der Waals surface area contributed by atoms with Crippen molar-refractivity contribution in [1.29, 1.82) is 0 Å². The van der Waals surface area contributed by atoms with Gasteiger partial charge in [0.2, 0.25) is 0 Å². The van der Waals surface area contributed by atoms with E-state index in [1.54, 1.807) is 18.2 Å². The standard InChI is InChI=1S/C10H10O4S/c1-7(11)14-9-6-15(12,13)10-5-3-2-4-8(9)10/h2-5,9H,6H2,1H3. The van der Waals surface area contributed by atoms with Gasteiger partial charge in [-0.25, -0.2) is 8.42 Å². The van der Waals surface area contributed by atoms with E-state index < -0.39 is 21.9 Å². The summed E-state index contributed by atoms with van der Waals surface area (Å²) in [5.74, 6) is -0.613. The Labute approximate surface area is 87.8 Å². The molecule has 0 aliphatic carbocycles. The maximum absolute atomic E-state index is 11.7. The van der Waals surface area contributed by atoms with Crippen LogP contribution in [0, 0.1) is 0 Å². The first-order valence-electron chi connectivity index (χ1n) is 4.49. The molecule has 0 radical (unpaired) electrons. The van der Waals surface area contributed by atoms with Crippen LogP contribution >= 0.6 is 0 Å². The van der Waals surface area contributed by atoms with E-state index in [2.05, 4.69) is 0 Å². The van der Waals surface area contributed by atoms with Crippen LogP contribution in [0.2, 0.25) is 0 Å². The minimum absolute atomic E-state index is 0.147. The molecule has 0 aromatic heterocycles. The second kappa shape index (κ2) is 3.34. The summed E-state index contributed by atoms with van der Waals surface area (Å²) in [4.78, 5) is 11.1. The third kappa shape index (κ3) is 1.74. The second-order valence-corrected chi connectivity index (χ2v) is 5.42. The quantitative estimate of drug-likeness (QED) is 0.672. The number of carbonyl (C=O) groups is 1. The van der Waals surface area contributed by atoms with Crippen LogP contribution in [0.5, 0.6) is 0 Å². The van der Waals surface area contributed by atoms with E-state index in [1.165, 1.54) is 13.0 Å². The number of hydrogen-bond donors (Lipinski definition) is 0. The third-order valence-electron chi connectivity index (χ3n) is 2.28. The van der Waals surface area contributed by atoms with E-state index in [0.29, 0.717) is 5.56 Å². The van der Waals surface area contributed by atoms with Crippen molar-refractivity contribution in [2.75, 3.05) is 5.75 Å². The van der Waals surface area contributed by atoms with Gasteiger partial charge in [-0.05, 0) is 6.07 Å². The van der Waals surface area contributed by atoms with Crippen molar-refractivity contribution >= 4 is 15.8 Å². The van der Waals surface area contributed by atoms with Crippen LogP contribution in [0.4, 0.5) is 0 Å². The molecule has 1 aromatic carbocycles. The number of esters is 1. The Balaban J connectivity index is 2.47. The van der Waals surface area contributed by atoms with Crippen molar-refractivity contribution in [1.82, 2.24) is 0 Å². The molecule has 15 heavy (non-hydrogen) atoms. The lowest BCUT2D eigenvalue weighted by Gasteiger charge is -2.09. The van der Waals surface area contributed by atoms with E-state index in [-0.39, 0.29) is 10.6 Å². The molecule has 1 unspecified atom stereocenters. The van der Waals surface area contributed by atoms with Crippen molar-refractivity contribution < 1.29 is 17.9 Å². The van der Waals surface area contributed by atoms with E-state index in [1.807, 2.05) is 0 Å². The van der Waals surface area contributed by atoms with Crippen molar-refractivity contribution in [2.45, 2.75) is 17.9 Å². The van der Waals surface area contributed by atoms with E-state index in [4.69, 9.17) is 4.74 Å². The zero-order valence-electron chi connectivity index (χ0n) is 8.14. The van der Waals surface area contributed by atoms with Crippen molar-refractivity contribution in [3.8, 4) is 0 Å². The Morgan fingerprint density at radius 2 is 2.07 bits per heavy atom. The van der Waals surface area contributed by atoms with E-state index in [9.17, 15) is 13.2 Å². The summed E-state index contributed by atoms with van der Waals surface area (Å²) >= 11 is 0. The molecule has 0 spiro atoms. The summed E-state index contributed by atoms with van der Waals surface area (Å²) in [6, 6.07) is 6.60. The fourth-order valence-corrected chi connectivity index (χ4v) is 3.38. The Morgan fingerprint density at radius 3 is 2.73 bits per heavy atom. The fourth-order valence-electron chi connectivity index (χ4n) is 1.71. The lowest BCUT2D eigenvalue weighted by atomic mass is 10.1. The van der Waals surface area contributed by atoms with Gasteiger partial charge in [0.05, 0.1) is 10.6 Å². The molecule has 0 fully saturated rings. The first-order chi connectivity index (χ1) is 7.00. The van der Waals surface area contributed by atoms with Gasteiger partial charge in [0.25, 0.3) is 0 Å². The Hall–Kier alpha value is -1.36. The highest BCUT2D eigenvalue weighted by molar-refractivity contribution is 7.91. The highest BCUT2D eigenvalue weighted by atomic mass is 32.2. The summed E-state index contributed by atoms with van der Waals surface area (Å²) in [5, 5.41) is 0. The molecule has 1 atom stereocenters. The lowest BCUT2D eigenvalue weighted by molar-refractivity contribution is -0.145. The summed E-state index contributed by atoms with van der Waals surface area (Å²) in [6.07, 6.45) is -0.649. The third-order valence-corrected chi connectivity index (χ3v) is 4.06. The molecular formula is C10H10O4S. The summed E-state index contributed by atoms with van der Waals surface area (Å²) in [5.41, 5.74) is 0.577. The average molecular weight is 226 g/mol. The number of carbonyl (C=O) groups excluding carboxylic acids is 1. The van der Waals surface area contributed by atoms with Crippen LogP contribution in [0.1, 0.15) is 18.6 Å². The highest BCUT2D eigenvalue weighted by Crippen LogP contribution is 2.35. The number of sulfone groups is 1. The van der Waals surface area contributed by atoms with Gasteiger partial charge in [-0.3, -0.25) is 4.79 Å². The topological polar surface area (TPSA) is 60.4 Å². The molecule has 4 nitrogen and oxygen atoms in total. The maximum atomic E-state index is 11.7. The molecule has 0 saturated carbocycles. The van der Waals surface area contributed by atoms with Gasteiger partial charge in [0.15, 0.2) is 9.84 Å². The maximum Gasteiger partial charge on any atom is 0.303 e. The fraction of sp³-hybridized carbons (Fsp3) is 0.300. The molecule has 2 rings (SSSR count). The SMILES string of the molecule is CC(=O)OC1CS(=O)(=O)c2ccccc21.